The summed E-state index contributed by atoms with van der Waals surface area (Å²) in [6, 6.07) is 0.352. The SMILES string of the molecule is [NH3+]CCNC(=O)c1cc(F)c(F)c([O-])c1F. The minimum absolute atomic E-state index is 0.144. The molecule has 0 bridgehead atoms. The molecule has 0 aromatic heterocycles. The van der Waals surface area contributed by atoms with Crippen molar-refractivity contribution >= 4 is 5.91 Å². The molecule has 88 valence electrons. The zero-order chi connectivity index (χ0) is 12.3. The first-order chi connectivity index (χ1) is 7.49. The second-order valence-corrected chi connectivity index (χ2v) is 2.97. The number of hydrogen-bond acceptors (Lipinski definition) is 2. The highest BCUT2D eigenvalue weighted by atomic mass is 19.2. The molecule has 0 unspecified atom stereocenters. The first kappa shape index (κ1) is 12.3. The van der Waals surface area contributed by atoms with E-state index in [1.807, 2.05) is 0 Å². The lowest BCUT2D eigenvalue weighted by atomic mass is 10.1. The van der Waals surface area contributed by atoms with Crippen LogP contribution < -0.4 is 16.2 Å². The van der Waals surface area contributed by atoms with Gasteiger partial charge in [0.25, 0.3) is 5.91 Å². The number of carbonyl (C=O) groups is 1. The first-order valence-electron chi connectivity index (χ1n) is 4.41. The van der Waals surface area contributed by atoms with E-state index in [0.29, 0.717) is 12.6 Å². The van der Waals surface area contributed by atoms with Gasteiger partial charge in [0.2, 0.25) is 0 Å². The van der Waals surface area contributed by atoms with Gasteiger partial charge in [-0.1, -0.05) is 0 Å². The van der Waals surface area contributed by atoms with Gasteiger partial charge in [-0.3, -0.25) is 4.79 Å². The van der Waals surface area contributed by atoms with E-state index in [9.17, 15) is 23.1 Å². The van der Waals surface area contributed by atoms with Crippen LogP contribution in [0.2, 0.25) is 0 Å². The van der Waals surface area contributed by atoms with Gasteiger partial charge in [0.15, 0.2) is 11.6 Å². The van der Waals surface area contributed by atoms with Crippen LogP contribution in [-0.4, -0.2) is 19.0 Å². The highest BCUT2D eigenvalue weighted by Gasteiger charge is 2.17. The van der Waals surface area contributed by atoms with Crippen LogP contribution in [-0.2, 0) is 0 Å². The number of carbonyl (C=O) groups excluding carboxylic acids is 1. The summed E-state index contributed by atoms with van der Waals surface area (Å²) in [6.45, 7) is 0.493. The third-order valence-electron chi connectivity index (χ3n) is 1.82. The minimum atomic E-state index is -1.83. The maximum Gasteiger partial charge on any atom is 0.254 e. The molecule has 0 radical (unpaired) electrons. The largest absolute Gasteiger partial charge is 0.868 e. The molecule has 1 amide bonds. The van der Waals surface area contributed by atoms with E-state index in [-0.39, 0.29) is 6.54 Å². The number of benzene rings is 1. The van der Waals surface area contributed by atoms with E-state index >= 15 is 0 Å². The molecular weight excluding hydrogens is 225 g/mol. The summed E-state index contributed by atoms with van der Waals surface area (Å²) in [5, 5.41) is 13.0. The van der Waals surface area contributed by atoms with Crippen molar-refractivity contribution in [1.29, 1.82) is 0 Å². The molecule has 0 heterocycles. The van der Waals surface area contributed by atoms with Crippen molar-refractivity contribution in [3.63, 3.8) is 0 Å². The number of amides is 1. The van der Waals surface area contributed by atoms with Crippen LogP contribution in [0.15, 0.2) is 6.07 Å². The Morgan fingerprint density at radius 2 is 2.00 bits per heavy atom. The van der Waals surface area contributed by atoms with E-state index in [4.69, 9.17) is 0 Å². The van der Waals surface area contributed by atoms with Gasteiger partial charge in [0.05, 0.1) is 18.7 Å². The molecule has 1 aromatic carbocycles. The van der Waals surface area contributed by atoms with Gasteiger partial charge in [0.1, 0.15) is 5.82 Å². The molecule has 1 rings (SSSR count). The summed E-state index contributed by atoms with van der Waals surface area (Å²) >= 11 is 0. The standard InChI is InChI=1S/C9H9F3N2O2/c10-5-3-4(9(16)14-2-1-13)6(11)8(15)7(5)12/h3,15H,1-2,13H2,(H,14,16). The Labute approximate surface area is 88.9 Å². The predicted octanol–water partition coefficient (Wildman–Crippen LogP) is -0.851. The van der Waals surface area contributed by atoms with Crippen LogP contribution in [0.1, 0.15) is 10.4 Å². The van der Waals surface area contributed by atoms with Crippen LogP contribution in [0.3, 0.4) is 0 Å². The van der Waals surface area contributed by atoms with Crippen molar-refractivity contribution in [2.45, 2.75) is 0 Å². The second-order valence-electron chi connectivity index (χ2n) is 2.97. The summed E-state index contributed by atoms with van der Waals surface area (Å²) < 4.78 is 38.5. The Morgan fingerprint density at radius 1 is 1.38 bits per heavy atom. The molecule has 16 heavy (non-hydrogen) atoms. The van der Waals surface area contributed by atoms with Gasteiger partial charge in [-0.2, -0.15) is 0 Å². The topological polar surface area (TPSA) is 79.8 Å². The maximum absolute atomic E-state index is 13.1. The molecule has 0 atom stereocenters. The van der Waals surface area contributed by atoms with E-state index in [2.05, 4.69) is 11.1 Å². The van der Waals surface area contributed by atoms with Crippen LogP contribution in [0, 0.1) is 17.5 Å². The van der Waals surface area contributed by atoms with E-state index in [1.54, 1.807) is 0 Å². The van der Waals surface area contributed by atoms with Gasteiger partial charge in [0, 0.05) is 0 Å². The Hall–Kier alpha value is -1.76. The summed E-state index contributed by atoms with van der Waals surface area (Å²) in [4.78, 5) is 11.2. The molecule has 0 fully saturated rings. The molecule has 0 spiro atoms. The molecule has 7 heteroatoms. The van der Waals surface area contributed by atoms with Crippen molar-refractivity contribution in [3.8, 4) is 5.75 Å². The highest BCUT2D eigenvalue weighted by molar-refractivity contribution is 5.94. The quantitative estimate of drug-likeness (QED) is 0.668. The van der Waals surface area contributed by atoms with E-state index in [1.165, 1.54) is 0 Å². The molecule has 4 N–H and O–H groups in total. The Kier molecular flexibility index (Phi) is 3.73. The summed E-state index contributed by atoms with van der Waals surface area (Å²) in [5.74, 6) is -7.70. The normalized spacial score (nSPS) is 10.2. The summed E-state index contributed by atoms with van der Waals surface area (Å²) in [5.41, 5.74) is 2.61. The van der Waals surface area contributed by atoms with Crippen LogP contribution in [0.25, 0.3) is 0 Å². The lowest BCUT2D eigenvalue weighted by Gasteiger charge is -2.13. The van der Waals surface area contributed by atoms with Gasteiger partial charge in [-0.15, -0.1) is 0 Å². The molecule has 0 aliphatic heterocycles. The lowest BCUT2D eigenvalue weighted by Crippen LogP contribution is -2.54. The number of nitrogens with one attached hydrogen (secondary N) is 1. The lowest BCUT2D eigenvalue weighted by molar-refractivity contribution is -0.364. The fourth-order valence-corrected chi connectivity index (χ4v) is 1.04. The predicted molar refractivity (Wildman–Crippen MR) is 45.9 cm³/mol. The molecule has 1 aromatic rings. The van der Waals surface area contributed by atoms with Crippen LogP contribution in [0.5, 0.6) is 5.75 Å². The van der Waals surface area contributed by atoms with Crippen LogP contribution in [0.4, 0.5) is 13.2 Å². The maximum atomic E-state index is 13.1. The molecular formula is C9H9F3N2O2. The molecule has 4 nitrogen and oxygen atoms in total. The molecule has 0 saturated heterocycles. The second kappa shape index (κ2) is 4.84. The number of quaternary nitrogens is 1. The highest BCUT2D eigenvalue weighted by Crippen LogP contribution is 2.23. The number of hydrogen-bond donors (Lipinski definition) is 2. The first-order valence-corrected chi connectivity index (χ1v) is 4.41. The minimum Gasteiger partial charge on any atom is -0.868 e. The summed E-state index contributed by atoms with van der Waals surface area (Å²) in [6.07, 6.45) is 0. The molecule has 0 saturated carbocycles. The molecule has 0 aliphatic carbocycles. The van der Waals surface area contributed by atoms with Crippen LogP contribution >= 0.6 is 0 Å². The average molecular weight is 234 g/mol. The monoisotopic (exact) mass is 234 g/mol. The van der Waals surface area contributed by atoms with Gasteiger partial charge < -0.3 is 16.2 Å². The zero-order valence-electron chi connectivity index (χ0n) is 8.15. The van der Waals surface area contributed by atoms with Crippen molar-refractivity contribution < 1.29 is 28.8 Å². The van der Waals surface area contributed by atoms with Crippen molar-refractivity contribution in [2.24, 2.45) is 0 Å². The Balaban J connectivity index is 3.10. The molecule has 0 aliphatic rings. The van der Waals surface area contributed by atoms with Crippen molar-refractivity contribution in [3.05, 3.63) is 29.1 Å². The average Bonchev–Trinajstić information content (AvgIpc) is 2.28. The fraction of sp³-hybridized carbons (Fsp3) is 0.222. The Bertz CT molecular complexity index is 424. The van der Waals surface area contributed by atoms with Crippen molar-refractivity contribution in [1.82, 2.24) is 5.32 Å². The third kappa shape index (κ3) is 2.25. The van der Waals surface area contributed by atoms with Gasteiger partial charge in [-0.05, 0) is 11.8 Å². The smallest absolute Gasteiger partial charge is 0.254 e. The van der Waals surface area contributed by atoms with E-state index < -0.39 is 34.7 Å². The van der Waals surface area contributed by atoms with E-state index in [0.717, 1.165) is 0 Å². The third-order valence-corrected chi connectivity index (χ3v) is 1.82. The Morgan fingerprint density at radius 3 is 2.56 bits per heavy atom. The number of rotatable bonds is 3. The van der Waals surface area contributed by atoms with Gasteiger partial charge >= 0.3 is 0 Å². The fourth-order valence-electron chi connectivity index (χ4n) is 1.04. The summed E-state index contributed by atoms with van der Waals surface area (Å²) in [7, 11) is 0. The number of halogens is 3. The zero-order valence-corrected chi connectivity index (χ0v) is 8.15. The van der Waals surface area contributed by atoms with Crippen molar-refractivity contribution in [2.75, 3.05) is 13.1 Å². The van der Waals surface area contributed by atoms with Gasteiger partial charge in [-0.25, -0.2) is 13.2 Å².